The Balaban J connectivity index is 2.43. The first-order chi connectivity index (χ1) is 9.68. The van der Waals surface area contributed by atoms with Gasteiger partial charge in [-0.2, -0.15) is 24.9 Å². The lowest BCUT2D eigenvalue weighted by molar-refractivity contribution is -0.214. The van der Waals surface area contributed by atoms with Gasteiger partial charge in [-0.05, 0) is 36.7 Å². The van der Waals surface area contributed by atoms with E-state index in [1.54, 1.807) is 25.6 Å². The molecular weight excluding hydrogens is 301 g/mol. The third-order valence-electron chi connectivity index (χ3n) is 3.96. The summed E-state index contributed by atoms with van der Waals surface area (Å²) in [6.45, 7) is 4.07. The van der Waals surface area contributed by atoms with Crippen LogP contribution in [0.4, 0.5) is 18.0 Å². The first-order valence-electron chi connectivity index (χ1n) is 7.27. The molecule has 0 aromatic heterocycles. The Morgan fingerprint density at radius 2 is 2.05 bits per heavy atom. The van der Waals surface area contributed by atoms with E-state index in [1.165, 1.54) is 4.90 Å². The third kappa shape index (κ3) is 5.60. The zero-order valence-electron chi connectivity index (χ0n) is 12.9. The lowest BCUT2D eigenvalue weighted by Gasteiger charge is -2.44. The van der Waals surface area contributed by atoms with Gasteiger partial charge in [0, 0.05) is 19.6 Å². The average molecular weight is 326 g/mol. The fourth-order valence-electron chi connectivity index (χ4n) is 2.82. The molecule has 0 radical (unpaired) electrons. The van der Waals surface area contributed by atoms with Crippen molar-refractivity contribution in [2.75, 3.05) is 31.6 Å². The van der Waals surface area contributed by atoms with Crippen molar-refractivity contribution in [1.29, 1.82) is 0 Å². The second-order valence-electron chi connectivity index (χ2n) is 6.22. The molecule has 0 aliphatic carbocycles. The molecule has 0 bridgehead atoms. The van der Waals surface area contributed by atoms with Crippen molar-refractivity contribution in [2.24, 2.45) is 11.3 Å². The predicted molar refractivity (Wildman–Crippen MR) is 80.5 cm³/mol. The lowest BCUT2D eigenvalue weighted by atomic mass is 9.73. The largest absolute Gasteiger partial charge is 0.392 e. The van der Waals surface area contributed by atoms with E-state index in [2.05, 4.69) is 5.32 Å². The Labute approximate surface area is 129 Å². The van der Waals surface area contributed by atoms with E-state index in [9.17, 15) is 18.0 Å². The number of carbonyl (C=O) groups excluding carboxylic acids is 1. The normalized spacial score (nSPS) is 22.2. The number of urea groups is 1. The van der Waals surface area contributed by atoms with Crippen molar-refractivity contribution in [2.45, 2.75) is 39.3 Å². The van der Waals surface area contributed by atoms with Crippen molar-refractivity contribution in [1.82, 2.24) is 10.2 Å². The van der Waals surface area contributed by atoms with Crippen LogP contribution < -0.4 is 5.32 Å². The monoisotopic (exact) mass is 326 g/mol. The lowest BCUT2D eigenvalue weighted by Crippen LogP contribution is -2.54. The van der Waals surface area contributed by atoms with Crippen LogP contribution in [0.1, 0.15) is 33.1 Å². The van der Waals surface area contributed by atoms with E-state index in [4.69, 9.17) is 0 Å². The van der Waals surface area contributed by atoms with Gasteiger partial charge < -0.3 is 10.2 Å². The van der Waals surface area contributed by atoms with Gasteiger partial charge in [-0.3, -0.25) is 0 Å². The van der Waals surface area contributed by atoms with Gasteiger partial charge >= 0.3 is 12.2 Å². The molecule has 1 N–H and O–H groups in total. The summed E-state index contributed by atoms with van der Waals surface area (Å²) in [5.41, 5.74) is -0.938. The van der Waals surface area contributed by atoms with Gasteiger partial charge in [-0.15, -0.1) is 0 Å². The average Bonchev–Trinajstić information content (AvgIpc) is 2.35. The molecular formula is C14H25F3N2OS. The van der Waals surface area contributed by atoms with E-state index >= 15 is 0 Å². The number of unbranched alkanes of at least 4 members (excludes halogenated alkanes) is 1. The minimum Gasteiger partial charge on any atom is -0.338 e. The van der Waals surface area contributed by atoms with E-state index in [0.29, 0.717) is 6.54 Å². The summed E-state index contributed by atoms with van der Waals surface area (Å²) in [6, 6.07) is -0.243. The van der Waals surface area contributed by atoms with Crippen LogP contribution in [0.5, 0.6) is 0 Å². The number of amides is 2. The smallest absolute Gasteiger partial charge is 0.338 e. The Bertz CT molecular complexity index is 348. The molecule has 2 amide bonds. The minimum atomic E-state index is -4.19. The van der Waals surface area contributed by atoms with Gasteiger partial charge in [0.15, 0.2) is 0 Å². The molecule has 1 unspecified atom stereocenters. The predicted octanol–water partition coefficient (Wildman–Crippen LogP) is 3.75. The number of hydrogen-bond acceptors (Lipinski definition) is 2. The number of halogens is 3. The topological polar surface area (TPSA) is 32.3 Å². The number of alkyl halides is 3. The maximum atomic E-state index is 13.0. The zero-order valence-corrected chi connectivity index (χ0v) is 13.7. The molecule has 124 valence electrons. The van der Waals surface area contributed by atoms with E-state index < -0.39 is 17.5 Å². The van der Waals surface area contributed by atoms with Crippen molar-refractivity contribution in [3.05, 3.63) is 0 Å². The van der Waals surface area contributed by atoms with Crippen LogP contribution in [-0.4, -0.2) is 48.8 Å². The van der Waals surface area contributed by atoms with E-state index in [0.717, 1.165) is 18.6 Å². The first kappa shape index (κ1) is 18.5. The maximum Gasteiger partial charge on any atom is 0.392 e. The molecule has 0 spiro atoms. The Kier molecular flexibility index (Phi) is 6.69. The summed E-state index contributed by atoms with van der Waals surface area (Å²) < 4.78 is 38.9. The zero-order chi connectivity index (χ0) is 16.1. The van der Waals surface area contributed by atoms with Gasteiger partial charge in [0.25, 0.3) is 0 Å². The quantitative estimate of drug-likeness (QED) is 0.781. The molecule has 0 saturated carbocycles. The van der Waals surface area contributed by atoms with Crippen LogP contribution in [0.25, 0.3) is 0 Å². The third-order valence-corrected chi connectivity index (χ3v) is 4.66. The molecule has 21 heavy (non-hydrogen) atoms. The van der Waals surface area contributed by atoms with Gasteiger partial charge in [0.2, 0.25) is 0 Å². The molecule has 7 heteroatoms. The summed E-state index contributed by atoms with van der Waals surface area (Å²) >= 11 is 1.76. The van der Waals surface area contributed by atoms with Crippen molar-refractivity contribution in [3.8, 4) is 0 Å². The van der Waals surface area contributed by atoms with Gasteiger partial charge in [-0.1, -0.05) is 13.8 Å². The van der Waals surface area contributed by atoms with Crippen molar-refractivity contribution >= 4 is 17.8 Å². The number of piperidine rings is 1. The maximum absolute atomic E-state index is 13.0. The number of likely N-dealkylation sites (tertiary alicyclic amines) is 1. The molecule has 1 aliphatic rings. The highest BCUT2D eigenvalue weighted by Gasteiger charge is 2.51. The van der Waals surface area contributed by atoms with Crippen LogP contribution in [0.3, 0.4) is 0 Å². The fourth-order valence-corrected chi connectivity index (χ4v) is 3.31. The number of nitrogens with zero attached hydrogens (tertiary/aromatic N) is 1. The molecule has 3 nitrogen and oxygen atoms in total. The number of nitrogens with one attached hydrogen (secondary N) is 1. The Hall–Kier alpha value is -0.590. The van der Waals surface area contributed by atoms with E-state index in [-0.39, 0.29) is 25.5 Å². The summed E-state index contributed by atoms with van der Waals surface area (Å²) in [5, 5.41) is 2.80. The highest BCUT2D eigenvalue weighted by molar-refractivity contribution is 7.98. The molecule has 1 atom stereocenters. The molecule has 1 rings (SSSR count). The fraction of sp³-hybridized carbons (Fsp3) is 0.929. The molecule has 1 saturated heterocycles. The second kappa shape index (κ2) is 7.61. The minimum absolute atomic E-state index is 0.0175. The number of rotatable bonds is 5. The first-order valence-corrected chi connectivity index (χ1v) is 8.66. The van der Waals surface area contributed by atoms with Gasteiger partial charge in [-0.25, -0.2) is 4.79 Å². The SMILES string of the molecule is CSCCCCNC(=O)N1CCC(C(F)(F)F)C(C)(C)C1. The summed E-state index contributed by atoms with van der Waals surface area (Å²) in [5.74, 6) is -0.282. The van der Waals surface area contributed by atoms with Crippen LogP contribution in [0, 0.1) is 11.3 Å². The molecule has 1 fully saturated rings. The van der Waals surface area contributed by atoms with Crippen LogP contribution in [0.2, 0.25) is 0 Å². The number of hydrogen-bond donors (Lipinski definition) is 1. The summed E-state index contributed by atoms with van der Waals surface area (Å²) in [4.78, 5) is 13.5. The van der Waals surface area contributed by atoms with Crippen LogP contribution in [-0.2, 0) is 0 Å². The molecule has 0 aromatic rings. The summed E-state index contributed by atoms with van der Waals surface area (Å²) in [7, 11) is 0. The highest BCUT2D eigenvalue weighted by atomic mass is 32.2. The number of carbonyl (C=O) groups is 1. The number of thioether (sulfide) groups is 1. The summed E-state index contributed by atoms with van der Waals surface area (Å²) in [6.07, 6.45) is -0.246. The second-order valence-corrected chi connectivity index (χ2v) is 7.21. The Morgan fingerprint density at radius 3 is 2.57 bits per heavy atom. The van der Waals surface area contributed by atoms with Crippen LogP contribution >= 0.6 is 11.8 Å². The van der Waals surface area contributed by atoms with Crippen molar-refractivity contribution < 1.29 is 18.0 Å². The van der Waals surface area contributed by atoms with Crippen LogP contribution in [0.15, 0.2) is 0 Å². The Morgan fingerprint density at radius 1 is 1.38 bits per heavy atom. The molecule has 1 aliphatic heterocycles. The van der Waals surface area contributed by atoms with Gasteiger partial charge in [0.05, 0.1) is 5.92 Å². The highest BCUT2D eigenvalue weighted by Crippen LogP contribution is 2.44. The molecule has 1 heterocycles. The van der Waals surface area contributed by atoms with Gasteiger partial charge in [0.1, 0.15) is 0 Å². The van der Waals surface area contributed by atoms with E-state index in [1.807, 2.05) is 6.26 Å². The molecule has 0 aromatic carbocycles. The van der Waals surface area contributed by atoms with Crippen molar-refractivity contribution in [3.63, 3.8) is 0 Å². The standard InChI is InChI=1S/C14H25F3N2OS/c1-13(2)10-19(8-6-11(13)14(15,16)17)12(20)18-7-4-5-9-21-3/h11H,4-10H2,1-3H3,(H,18,20).